The number of aliphatic hydroxyl groups excluding tert-OH is 1. The van der Waals surface area contributed by atoms with Crippen LogP contribution in [0.3, 0.4) is 0 Å². The molecule has 1 fully saturated rings. The van der Waals surface area contributed by atoms with Crippen LogP contribution in [0.5, 0.6) is 0 Å². The topological polar surface area (TPSA) is 79.6 Å². The first-order valence-electron chi connectivity index (χ1n) is 7.59. The Balaban J connectivity index is 2.23. The molecule has 1 aliphatic heterocycles. The van der Waals surface area contributed by atoms with Gasteiger partial charge in [0.15, 0.2) is 0 Å². The molecule has 0 aromatic heterocycles. The van der Waals surface area contributed by atoms with Crippen molar-refractivity contribution >= 4 is 5.91 Å². The summed E-state index contributed by atoms with van der Waals surface area (Å²) >= 11 is 0. The van der Waals surface area contributed by atoms with Crippen LogP contribution >= 0.6 is 0 Å². The van der Waals surface area contributed by atoms with Gasteiger partial charge >= 0.3 is 0 Å². The van der Waals surface area contributed by atoms with Crippen LogP contribution in [0.1, 0.15) is 27.2 Å². The number of rotatable bonds is 6. The molecule has 1 saturated heterocycles. The van der Waals surface area contributed by atoms with E-state index in [1.165, 1.54) is 0 Å². The molecule has 1 unspecified atom stereocenters. The Morgan fingerprint density at radius 3 is 2.38 bits per heavy atom. The molecular weight excluding hydrogens is 268 g/mol. The number of hydrogen-bond acceptors (Lipinski definition) is 5. The molecule has 0 spiro atoms. The first-order chi connectivity index (χ1) is 9.82. The van der Waals surface area contributed by atoms with E-state index < -0.39 is 0 Å². The van der Waals surface area contributed by atoms with E-state index in [2.05, 4.69) is 15.1 Å². The molecule has 1 amide bonds. The third-order valence-electron chi connectivity index (χ3n) is 3.82. The van der Waals surface area contributed by atoms with Crippen molar-refractivity contribution in [2.24, 2.45) is 5.41 Å². The maximum Gasteiger partial charge on any atom is 0.234 e. The average molecular weight is 296 g/mol. The molecule has 2 N–H and O–H groups in total. The summed E-state index contributed by atoms with van der Waals surface area (Å²) in [5, 5.41) is 21.3. The monoisotopic (exact) mass is 296 g/mol. The number of piperazine rings is 1. The predicted molar refractivity (Wildman–Crippen MR) is 81.6 cm³/mol. The molecule has 0 saturated carbocycles. The number of nitriles is 1. The largest absolute Gasteiger partial charge is 0.391 e. The lowest BCUT2D eigenvalue weighted by Gasteiger charge is -2.37. The number of amides is 1. The van der Waals surface area contributed by atoms with E-state index in [1.807, 2.05) is 26.8 Å². The van der Waals surface area contributed by atoms with E-state index in [9.17, 15) is 9.90 Å². The van der Waals surface area contributed by atoms with Gasteiger partial charge < -0.3 is 10.4 Å². The molecule has 1 rings (SSSR count). The summed E-state index contributed by atoms with van der Waals surface area (Å²) in [5.41, 5.74) is -0.0994. The molecule has 120 valence electrons. The van der Waals surface area contributed by atoms with Crippen LogP contribution in [0, 0.1) is 16.7 Å². The maximum absolute atomic E-state index is 11.7. The van der Waals surface area contributed by atoms with Crippen LogP contribution < -0.4 is 5.32 Å². The highest BCUT2D eigenvalue weighted by molar-refractivity contribution is 5.78. The van der Waals surface area contributed by atoms with Crippen molar-refractivity contribution < 1.29 is 9.90 Å². The molecule has 0 bridgehead atoms. The van der Waals surface area contributed by atoms with Crippen LogP contribution in [0.25, 0.3) is 0 Å². The first-order valence-corrected chi connectivity index (χ1v) is 7.59. The van der Waals surface area contributed by atoms with Crippen LogP contribution in [0.15, 0.2) is 0 Å². The van der Waals surface area contributed by atoms with Gasteiger partial charge in [-0.25, -0.2) is 0 Å². The van der Waals surface area contributed by atoms with Gasteiger partial charge in [0.2, 0.25) is 5.91 Å². The van der Waals surface area contributed by atoms with Gasteiger partial charge in [0, 0.05) is 39.3 Å². The molecule has 1 heterocycles. The minimum atomic E-state index is -0.335. The van der Waals surface area contributed by atoms with Crippen molar-refractivity contribution in [3.63, 3.8) is 0 Å². The van der Waals surface area contributed by atoms with Crippen molar-refractivity contribution in [2.45, 2.75) is 33.3 Å². The van der Waals surface area contributed by atoms with Crippen LogP contribution in [0.2, 0.25) is 0 Å². The summed E-state index contributed by atoms with van der Waals surface area (Å²) < 4.78 is 0. The molecule has 6 nitrogen and oxygen atoms in total. The molecule has 0 aliphatic carbocycles. The highest BCUT2D eigenvalue weighted by Crippen LogP contribution is 2.20. The molecular formula is C15H28N4O2. The zero-order valence-electron chi connectivity index (χ0n) is 13.4. The number of carbonyl (C=O) groups is 1. The highest BCUT2D eigenvalue weighted by Gasteiger charge is 2.26. The van der Waals surface area contributed by atoms with Gasteiger partial charge in [-0.05, 0) is 5.41 Å². The Kier molecular flexibility index (Phi) is 7.09. The molecule has 0 aromatic rings. The lowest BCUT2D eigenvalue weighted by molar-refractivity contribution is -0.122. The first kappa shape index (κ1) is 17.9. The lowest BCUT2D eigenvalue weighted by atomic mass is 9.89. The minimum absolute atomic E-state index is 0.0200. The summed E-state index contributed by atoms with van der Waals surface area (Å²) in [4.78, 5) is 16.0. The van der Waals surface area contributed by atoms with Gasteiger partial charge in [-0.15, -0.1) is 0 Å². The summed E-state index contributed by atoms with van der Waals surface area (Å²) in [6, 6.07) is 2.00. The Morgan fingerprint density at radius 1 is 1.29 bits per heavy atom. The summed E-state index contributed by atoms with van der Waals surface area (Å²) in [5.74, 6) is -0.0200. The van der Waals surface area contributed by atoms with E-state index >= 15 is 0 Å². The number of nitrogens with zero attached hydrogens (tertiary/aromatic N) is 3. The third kappa shape index (κ3) is 6.89. The quantitative estimate of drug-likeness (QED) is 0.677. The summed E-state index contributed by atoms with van der Waals surface area (Å²) in [6.07, 6.45) is 0.0165. The SMILES string of the molecule is CC(C)(C)C(O)CN1CCN(CC(=O)NCCC#N)CC1. The minimum Gasteiger partial charge on any atom is -0.391 e. The molecule has 1 atom stereocenters. The van der Waals surface area contributed by atoms with E-state index in [4.69, 9.17) is 5.26 Å². The van der Waals surface area contributed by atoms with Gasteiger partial charge in [-0.2, -0.15) is 5.26 Å². The van der Waals surface area contributed by atoms with Gasteiger partial charge in [0.1, 0.15) is 0 Å². The molecule has 6 heteroatoms. The van der Waals surface area contributed by atoms with Gasteiger partial charge in [0.25, 0.3) is 0 Å². The van der Waals surface area contributed by atoms with Crippen LogP contribution in [0.4, 0.5) is 0 Å². The molecule has 1 aliphatic rings. The Bertz CT molecular complexity index is 365. The van der Waals surface area contributed by atoms with Crippen molar-refractivity contribution in [3.8, 4) is 6.07 Å². The highest BCUT2D eigenvalue weighted by atomic mass is 16.3. The van der Waals surface area contributed by atoms with E-state index in [0.717, 1.165) is 26.2 Å². The number of hydrogen-bond donors (Lipinski definition) is 2. The maximum atomic E-state index is 11.7. The van der Waals surface area contributed by atoms with Gasteiger partial charge in [-0.3, -0.25) is 14.6 Å². The Morgan fingerprint density at radius 2 is 1.86 bits per heavy atom. The average Bonchev–Trinajstić information content (AvgIpc) is 2.40. The van der Waals surface area contributed by atoms with Gasteiger partial charge in [0.05, 0.1) is 25.1 Å². The fraction of sp³-hybridized carbons (Fsp3) is 0.867. The fourth-order valence-electron chi connectivity index (χ4n) is 2.17. The number of aliphatic hydroxyl groups is 1. The summed E-state index contributed by atoms with van der Waals surface area (Å²) in [7, 11) is 0. The smallest absolute Gasteiger partial charge is 0.234 e. The van der Waals surface area contributed by atoms with Crippen molar-refractivity contribution in [1.82, 2.24) is 15.1 Å². The number of carbonyl (C=O) groups excluding carboxylic acids is 1. The second-order valence-electron chi connectivity index (χ2n) is 6.72. The number of β-amino-alcohol motifs (C(OH)–C–C–N with tert-alkyl or cyclic N) is 1. The van der Waals surface area contributed by atoms with Crippen LogP contribution in [-0.4, -0.2) is 72.7 Å². The predicted octanol–water partition coefficient (Wildman–Crippen LogP) is 0.0409. The lowest BCUT2D eigenvalue weighted by Crippen LogP contribution is -2.52. The third-order valence-corrected chi connectivity index (χ3v) is 3.82. The van der Waals surface area contributed by atoms with E-state index in [1.54, 1.807) is 0 Å². The molecule has 21 heavy (non-hydrogen) atoms. The zero-order valence-corrected chi connectivity index (χ0v) is 13.4. The van der Waals surface area contributed by atoms with Crippen molar-refractivity contribution in [1.29, 1.82) is 5.26 Å². The number of nitrogens with one attached hydrogen (secondary N) is 1. The second kappa shape index (κ2) is 8.32. The summed E-state index contributed by atoms with van der Waals surface area (Å²) in [6.45, 7) is 11.0. The zero-order chi connectivity index (χ0) is 15.9. The Hall–Kier alpha value is -1.16. The fourth-order valence-corrected chi connectivity index (χ4v) is 2.17. The molecule has 0 aromatic carbocycles. The van der Waals surface area contributed by atoms with Gasteiger partial charge in [-0.1, -0.05) is 20.8 Å². The Labute approximate surface area is 127 Å². The van der Waals surface area contributed by atoms with Crippen molar-refractivity contribution in [2.75, 3.05) is 45.8 Å². The molecule has 0 radical (unpaired) electrons. The second-order valence-corrected chi connectivity index (χ2v) is 6.72. The van der Waals surface area contributed by atoms with E-state index in [-0.39, 0.29) is 17.4 Å². The van der Waals surface area contributed by atoms with Crippen molar-refractivity contribution in [3.05, 3.63) is 0 Å². The van der Waals surface area contributed by atoms with Crippen LogP contribution in [-0.2, 0) is 4.79 Å². The standard InChI is InChI=1S/C15H28N4O2/c1-15(2,3)13(20)11-18-7-9-19(10-8-18)12-14(21)17-6-4-5-16/h13,20H,4,6-12H2,1-3H3,(H,17,21). The van der Waals surface area contributed by atoms with E-state index in [0.29, 0.717) is 26.1 Å². The normalized spacial score (nSPS) is 19.0.